The summed E-state index contributed by atoms with van der Waals surface area (Å²) in [5.74, 6) is -1.06. The zero-order chi connectivity index (χ0) is 22.5. The zero-order valence-electron chi connectivity index (χ0n) is 18.0. The standard InChI is InChI=1S/C24H27N3O5/c1-16(23(29)25-17-9-11-18(12-10-17)27-13-5-2-6-14-27)31-22(28)15-21-24(30)26-19-7-3-4-8-20(19)32-21/h3-4,7-12,16,21H,2,5-6,13-15H2,1H3,(H,25,29)(H,26,30)/t16-,21-/m1/s1. The lowest BCUT2D eigenvalue weighted by Crippen LogP contribution is -2.40. The largest absolute Gasteiger partial charge is 0.478 e. The van der Waals surface area contributed by atoms with E-state index in [1.165, 1.54) is 26.2 Å². The third-order valence-corrected chi connectivity index (χ3v) is 5.59. The van der Waals surface area contributed by atoms with Crippen LogP contribution in [-0.4, -0.2) is 43.1 Å². The molecule has 32 heavy (non-hydrogen) atoms. The highest BCUT2D eigenvalue weighted by Crippen LogP contribution is 2.29. The number of para-hydroxylation sites is 2. The molecule has 0 spiro atoms. The van der Waals surface area contributed by atoms with Gasteiger partial charge in [-0.05, 0) is 62.6 Å². The fourth-order valence-electron chi connectivity index (χ4n) is 3.83. The zero-order valence-corrected chi connectivity index (χ0v) is 18.0. The lowest BCUT2D eigenvalue weighted by atomic mass is 10.1. The van der Waals surface area contributed by atoms with Crippen molar-refractivity contribution in [3.8, 4) is 5.75 Å². The number of piperidine rings is 1. The van der Waals surface area contributed by atoms with E-state index in [1.807, 2.05) is 24.3 Å². The maximum absolute atomic E-state index is 12.4. The SMILES string of the molecule is C[C@@H](OC(=O)C[C@H]1Oc2ccccc2NC1=O)C(=O)Nc1ccc(N2CCCCC2)cc1. The minimum absolute atomic E-state index is 0.289. The van der Waals surface area contributed by atoms with Gasteiger partial charge in [-0.2, -0.15) is 0 Å². The van der Waals surface area contributed by atoms with Gasteiger partial charge in [0.2, 0.25) is 0 Å². The first-order chi connectivity index (χ1) is 15.5. The molecule has 0 saturated carbocycles. The molecule has 1 fully saturated rings. The first kappa shape index (κ1) is 21.7. The average molecular weight is 437 g/mol. The number of benzene rings is 2. The third kappa shape index (κ3) is 5.19. The maximum atomic E-state index is 12.4. The van der Waals surface area contributed by atoms with E-state index in [4.69, 9.17) is 9.47 Å². The Hall–Kier alpha value is -3.55. The lowest BCUT2D eigenvalue weighted by Gasteiger charge is -2.28. The number of nitrogens with one attached hydrogen (secondary N) is 2. The summed E-state index contributed by atoms with van der Waals surface area (Å²) in [5, 5.41) is 5.46. The summed E-state index contributed by atoms with van der Waals surface area (Å²) in [7, 11) is 0. The van der Waals surface area contributed by atoms with Crippen molar-refractivity contribution in [3.63, 3.8) is 0 Å². The van der Waals surface area contributed by atoms with Crippen LogP contribution in [0.2, 0.25) is 0 Å². The molecule has 2 amide bonds. The van der Waals surface area contributed by atoms with E-state index in [0.717, 1.165) is 18.8 Å². The third-order valence-electron chi connectivity index (χ3n) is 5.59. The average Bonchev–Trinajstić information content (AvgIpc) is 2.80. The van der Waals surface area contributed by atoms with E-state index in [2.05, 4.69) is 15.5 Å². The highest BCUT2D eigenvalue weighted by atomic mass is 16.6. The van der Waals surface area contributed by atoms with Crippen LogP contribution < -0.4 is 20.3 Å². The predicted octanol–water partition coefficient (Wildman–Crippen LogP) is 3.34. The number of nitrogens with zero attached hydrogens (tertiary/aromatic N) is 1. The first-order valence-electron chi connectivity index (χ1n) is 10.9. The van der Waals surface area contributed by atoms with E-state index in [9.17, 15) is 14.4 Å². The van der Waals surface area contributed by atoms with Gasteiger partial charge in [0.15, 0.2) is 12.2 Å². The van der Waals surface area contributed by atoms with Crippen LogP contribution in [-0.2, 0) is 19.1 Å². The van der Waals surface area contributed by atoms with Crippen LogP contribution in [0.1, 0.15) is 32.6 Å². The van der Waals surface area contributed by atoms with Crippen molar-refractivity contribution in [1.82, 2.24) is 0 Å². The van der Waals surface area contributed by atoms with Gasteiger partial charge in [0.05, 0.1) is 12.1 Å². The molecule has 2 aliphatic heterocycles. The summed E-state index contributed by atoms with van der Waals surface area (Å²) in [6, 6.07) is 14.6. The molecular weight excluding hydrogens is 410 g/mol. The summed E-state index contributed by atoms with van der Waals surface area (Å²) in [6.45, 7) is 3.59. The van der Waals surface area contributed by atoms with Gasteiger partial charge in [-0.3, -0.25) is 14.4 Å². The van der Waals surface area contributed by atoms with E-state index in [-0.39, 0.29) is 6.42 Å². The molecule has 8 heteroatoms. The van der Waals surface area contributed by atoms with E-state index < -0.39 is 30.0 Å². The molecule has 168 valence electrons. The number of rotatable bonds is 6. The van der Waals surface area contributed by atoms with Crippen molar-refractivity contribution >= 4 is 34.8 Å². The fraction of sp³-hybridized carbons (Fsp3) is 0.375. The highest BCUT2D eigenvalue weighted by Gasteiger charge is 2.31. The summed E-state index contributed by atoms with van der Waals surface area (Å²) in [5.41, 5.74) is 2.32. The van der Waals surface area contributed by atoms with Crippen molar-refractivity contribution in [2.24, 2.45) is 0 Å². The van der Waals surface area contributed by atoms with Crippen molar-refractivity contribution in [3.05, 3.63) is 48.5 Å². The Morgan fingerprint density at radius 3 is 2.59 bits per heavy atom. The van der Waals surface area contributed by atoms with Gasteiger partial charge in [-0.15, -0.1) is 0 Å². The maximum Gasteiger partial charge on any atom is 0.310 e. The molecule has 1 saturated heterocycles. The van der Waals surface area contributed by atoms with Crippen molar-refractivity contribution < 1.29 is 23.9 Å². The predicted molar refractivity (Wildman–Crippen MR) is 121 cm³/mol. The topological polar surface area (TPSA) is 97.0 Å². The second-order valence-corrected chi connectivity index (χ2v) is 8.01. The van der Waals surface area contributed by atoms with Gasteiger partial charge in [-0.1, -0.05) is 12.1 Å². The Morgan fingerprint density at radius 2 is 1.84 bits per heavy atom. The smallest absolute Gasteiger partial charge is 0.310 e. The second-order valence-electron chi connectivity index (χ2n) is 8.01. The number of carbonyl (C=O) groups excluding carboxylic acids is 3. The molecule has 0 radical (unpaired) electrons. The molecule has 2 heterocycles. The molecule has 0 unspecified atom stereocenters. The van der Waals surface area contributed by atoms with Crippen LogP contribution >= 0.6 is 0 Å². The number of carbonyl (C=O) groups is 3. The Bertz CT molecular complexity index is 985. The summed E-state index contributed by atoms with van der Waals surface area (Å²) in [4.78, 5) is 39.2. The van der Waals surface area contributed by atoms with Crippen LogP contribution in [0.4, 0.5) is 17.1 Å². The quantitative estimate of drug-likeness (QED) is 0.673. The number of ether oxygens (including phenoxy) is 2. The van der Waals surface area contributed by atoms with E-state index >= 15 is 0 Å². The second kappa shape index (κ2) is 9.72. The molecule has 8 nitrogen and oxygen atoms in total. The van der Waals surface area contributed by atoms with Gasteiger partial charge in [0.25, 0.3) is 11.8 Å². The summed E-state index contributed by atoms with van der Waals surface area (Å²) in [6.07, 6.45) is 1.36. The molecule has 0 aromatic heterocycles. The number of fused-ring (bicyclic) bond motifs is 1. The molecule has 0 aliphatic carbocycles. The van der Waals surface area contributed by atoms with Gasteiger partial charge >= 0.3 is 5.97 Å². The van der Waals surface area contributed by atoms with Gasteiger partial charge < -0.3 is 25.0 Å². The van der Waals surface area contributed by atoms with Gasteiger partial charge in [0.1, 0.15) is 5.75 Å². The Balaban J connectivity index is 1.27. The molecular formula is C24H27N3O5. The van der Waals surface area contributed by atoms with E-state index in [0.29, 0.717) is 17.1 Å². The molecule has 2 atom stereocenters. The van der Waals surface area contributed by atoms with Gasteiger partial charge in [0, 0.05) is 24.5 Å². The minimum atomic E-state index is -1.01. The molecule has 2 aliphatic rings. The first-order valence-corrected chi connectivity index (χ1v) is 10.9. The Kier molecular flexibility index (Phi) is 6.58. The number of amides is 2. The number of hydrogen-bond donors (Lipinski definition) is 2. The van der Waals surface area contributed by atoms with Crippen molar-refractivity contribution in [2.75, 3.05) is 28.6 Å². The van der Waals surface area contributed by atoms with Gasteiger partial charge in [-0.25, -0.2) is 0 Å². The monoisotopic (exact) mass is 437 g/mol. The summed E-state index contributed by atoms with van der Waals surface area (Å²) >= 11 is 0. The highest BCUT2D eigenvalue weighted by molar-refractivity contribution is 6.00. The normalized spacial score (nSPS) is 18.6. The van der Waals surface area contributed by atoms with Crippen LogP contribution in [0.15, 0.2) is 48.5 Å². The minimum Gasteiger partial charge on any atom is -0.478 e. The number of anilines is 3. The number of hydrogen-bond acceptors (Lipinski definition) is 6. The molecule has 2 N–H and O–H groups in total. The lowest BCUT2D eigenvalue weighted by molar-refractivity contribution is -0.155. The number of esters is 1. The molecule has 2 aromatic carbocycles. The Morgan fingerprint density at radius 1 is 1.12 bits per heavy atom. The van der Waals surface area contributed by atoms with Crippen molar-refractivity contribution in [1.29, 1.82) is 0 Å². The van der Waals surface area contributed by atoms with Crippen LogP contribution in [0.25, 0.3) is 0 Å². The Labute approximate surface area is 186 Å². The molecule has 2 aromatic rings. The van der Waals surface area contributed by atoms with Crippen molar-refractivity contribution in [2.45, 2.75) is 44.8 Å². The van der Waals surface area contributed by atoms with E-state index in [1.54, 1.807) is 24.3 Å². The van der Waals surface area contributed by atoms with Crippen LogP contribution in [0, 0.1) is 0 Å². The van der Waals surface area contributed by atoms with Crippen LogP contribution in [0.3, 0.4) is 0 Å². The fourth-order valence-corrected chi connectivity index (χ4v) is 3.83. The molecule has 4 rings (SSSR count). The summed E-state index contributed by atoms with van der Waals surface area (Å²) < 4.78 is 10.8. The molecule has 0 bridgehead atoms. The van der Waals surface area contributed by atoms with Crippen LogP contribution in [0.5, 0.6) is 5.75 Å².